The number of methoxy groups -OCH3 is 2. The average Bonchev–Trinajstić information content (AvgIpc) is 2.80. The number of imidazole rings is 1. The zero-order valence-corrected chi connectivity index (χ0v) is 11.5. The zero-order valence-electron chi connectivity index (χ0n) is 11.5. The number of benzene rings is 1. The van der Waals surface area contributed by atoms with E-state index < -0.39 is 0 Å². The lowest BCUT2D eigenvalue weighted by molar-refractivity contribution is 0.404. The van der Waals surface area contributed by atoms with Crippen LogP contribution in [0.5, 0.6) is 11.5 Å². The molecule has 2 N–H and O–H groups in total. The summed E-state index contributed by atoms with van der Waals surface area (Å²) in [6.07, 6.45) is 1.99. The highest BCUT2D eigenvalue weighted by Gasteiger charge is 2.12. The molecule has 0 unspecified atom stereocenters. The number of hydrogen-bond donors (Lipinski definition) is 1. The molecule has 0 atom stereocenters. The Hall–Kier alpha value is -2.01. The predicted molar refractivity (Wildman–Crippen MR) is 74.6 cm³/mol. The van der Waals surface area contributed by atoms with Crippen LogP contribution in [0.4, 0.5) is 0 Å². The van der Waals surface area contributed by atoms with E-state index in [9.17, 15) is 0 Å². The summed E-state index contributed by atoms with van der Waals surface area (Å²) in [6.45, 7) is 3.31. The molecule has 0 saturated carbocycles. The lowest BCUT2D eigenvalue weighted by Crippen LogP contribution is -2.10. The van der Waals surface area contributed by atoms with E-state index >= 15 is 0 Å². The molecule has 19 heavy (non-hydrogen) atoms. The first kappa shape index (κ1) is 13.4. The molecule has 1 aromatic carbocycles. The van der Waals surface area contributed by atoms with Gasteiger partial charge in [-0.25, -0.2) is 4.98 Å². The smallest absolute Gasteiger partial charge is 0.128 e. The van der Waals surface area contributed by atoms with Crippen LogP contribution in [0.2, 0.25) is 0 Å². The van der Waals surface area contributed by atoms with Gasteiger partial charge < -0.3 is 19.8 Å². The Morgan fingerprint density at radius 1 is 1.26 bits per heavy atom. The van der Waals surface area contributed by atoms with E-state index in [1.54, 1.807) is 14.2 Å². The second-order valence-corrected chi connectivity index (χ2v) is 4.22. The second kappa shape index (κ2) is 5.75. The molecule has 1 aromatic heterocycles. The molecule has 102 valence electrons. The van der Waals surface area contributed by atoms with Crippen molar-refractivity contribution in [1.29, 1.82) is 0 Å². The lowest BCUT2D eigenvalue weighted by atomic mass is 10.1. The van der Waals surface area contributed by atoms with Gasteiger partial charge in [0.05, 0.1) is 19.9 Å². The summed E-state index contributed by atoms with van der Waals surface area (Å²) in [5.41, 5.74) is 7.37. The highest BCUT2D eigenvalue weighted by atomic mass is 16.5. The SMILES string of the molecule is COc1ccc(OC)c(-c2cn(CCN)c(C)n2)c1. The van der Waals surface area contributed by atoms with Crippen LogP contribution >= 0.6 is 0 Å². The van der Waals surface area contributed by atoms with E-state index in [0.717, 1.165) is 35.1 Å². The van der Waals surface area contributed by atoms with Crippen LogP contribution in [0.1, 0.15) is 5.82 Å². The van der Waals surface area contributed by atoms with Crippen LogP contribution in [0.25, 0.3) is 11.3 Å². The number of nitrogens with two attached hydrogens (primary N) is 1. The van der Waals surface area contributed by atoms with Gasteiger partial charge in [0.1, 0.15) is 17.3 Å². The normalized spacial score (nSPS) is 10.5. The molecule has 0 aliphatic carbocycles. The molecule has 0 spiro atoms. The number of ether oxygens (including phenoxy) is 2. The molecule has 0 amide bonds. The summed E-state index contributed by atoms with van der Waals surface area (Å²) in [4.78, 5) is 4.56. The van der Waals surface area contributed by atoms with Crippen LogP contribution in [-0.2, 0) is 6.54 Å². The maximum Gasteiger partial charge on any atom is 0.128 e. The minimum atomic E-state index is 0.589. The third kappa shape index (κ3) is 2.71. The van der Waals surface area contributed by atoms with Crippen molar-refractivity contribution in [3.63, 3.8) is 0 Å². The van der Waals surface area contributed by atoms with E-state index in [-0.39, 0.29) is 0 Å². The van der Waals surface area contributed by atoms with Gasteiger partial charge in [-0.3, -0.25) is 0 Å². The standard InChI is InChI=1S/C14H19N3O2/c1-10-16-13(9-17(10)7-6-15)12-8-11(18-2)4-5-14(12)19-3/h4-5,8-9H,6-7,15H2,1-3H3. The first-order valence-corrected chi connectivity index (χ1v) is 6.15. The van der Waals surface area contributed by atoms with Crippen molar-refractivity contribution in [2.75, 3.05) is 20.8 Å². The van der Waals surface area contributed by atoms with Crippen LogP contribution in [0.15, 0.2) is 24.4 Å². The fraction of sp³-hybridized carbons (Fsp3) is 0.357. The Balaban J connectivity index is 2.47. The molecule has 2 rings (SSSR count). The molecule has 5 heteroatoms. The predicted octanol–water partition coefficient (Wildman–Crippen LogP) is 1.83. The minimum absolute atomic E-state index is 0.589. The van der Waals surface area contributed by atoms with Crippen LogP contribution in [-0.4, -0.2) is 30.3 Å². The second-order valence-electron chi connectivity index (χ2n) is 4.22. The van der Waals surface area contributed by atoms with Gasteiger partial charge in [0.25, 0.3) is 0 Å². The fourth-order valence-corrected chi connectivity index (χ4v) is 2.02. The first-order chi connectivity index (χ1) is 9.19. The summed E-state index contributed by atoms with van der Waals surface area (Å²) in [5.74, 6) is 2.49. The quantitative estimate of drug-likeness (QED) is 0.892. The van der Waals surface area contributed by atoms with E-state index in [1.165, 1.54) is 0 Å². The molecule has 1 heterocycles. The number of rotatable bonds is 5. The van der Waals surface area contributed by atoms with Crippen molar-refractivity contribution >= 4 is 0 Å². The van der Waals surface area contributed by atoms with Gasteiger partial charge in [0, 0.05) is 24.8 Å². The van der Waals surface area contributed by atoms with Gasteiger partial charge in [-0.1, -0.05) is 0 Å². The summed E-state index contributed by atoms with van der Waals surface area (Å²) in [5, 5.41) is 0. The maximum absolute atomic E-state index is 5.59. The van der Waals surface area contributed by atoms with E-state index in [4.69, 9.17) is 15.2 Å². The van der Waals surface area contributed by atoms with E-state index in [1.807, 2.05) is 35.9 Å². The Labute approximate surface area is 113 Å². The molecule has 0 aliphatic heterocycles. The molecule has 5 nitrogen and oxygen atoms in total. The Bertz CT molecular complexity index is 564. The monoisotopic (exact) mass is 261 g/mol. The maximum atomic E-state index is 5.59. The molecule has 2 aromatic rings. The molecule has 0 aliphatic rings. The molecule has 0 saturated heterocycles. The van der Waals surface area contributed by atoms with Gasteiger partial charge >= 0.3 is 0 Å². The van der Waals surface area contributed by atoms with Crippen LogP contribution in [0, 0.1) is 6.92 Å². The fourth-order valence-electron chi connectivity index (χ4n) is 2.02. The van der Waals surface area contributed by atoms with Gasteiger partial charge in [0.15, 0.2) is 0 Å². The first-order valence-electron chi connectivity index (χ1n) is 6.15. The minimum Gasteiger partial charge on any atom is -0.497 e. The third-order valence-corrected chi connectivity index (χ3v) is 3.03. The van der Waals surface area contributed by atoms with Gasteiger partial charge in [0.2, 0.25) is 0 Å². The summed E-state index contributed by atoms with van der Waals surface area (Å²) in [6, 6.07) is 5.67. The lowest BCUT2D eigenvalue weighted by Gasteiger charge is -2.08. The van der Waals surface area contributed by atoms with Crippen molar-refractivity contribution in [2.24, 2.45) is 5.73 Å². The van der Waals surface area contributed by atoms with Crippen molar-refractivity contribution in [3.05, 3.63) is 30.2 Å². The zero-order chi connectivity index (χ0) is 13.8. The van der Waals surface area contributed by atoms with Crippen molar-refractivity contribution in [3.8, 4) is 22.8 Å². The summed E-state index contributed by atoms with van der Waals surface area (Å²) in [7, 11) is 3.29. The molecule has 0 fully saturated rings. The van der Waals surface area contributed by atoms with Gasteiger partial charge in [-0.05, 0) is 25.1 Å². The van der Waals surface area contributed by atoms with E-state index in [2.05, 4.69) is 4.98 Å². The average molecular weight is 261 g/mol. The van der Waals surface area contributed by atoms with E-state index in [0.29, 0.717) is 6.54 Å². The highest BCUT2D eigenvalue weighted by Crippen LogP contribution is 2.32. The number of aryl methyl sites for hydroxylation is 1. The largest absolute Gasteiger partial charge is 0.497 e. The Kier molecular flexibility index (Phi) is 4.06. The van der Waals surface area contributed by atoms with Crippen molar-refractivity contribution < 1.29 is 9.47 Å². The molecular formula is C14H19N3O2. The Morgan fingerprint density at radius 3 is 2.68 bits per heavy atom. The number of aromatic nitrogens is 2. The molecular weight excluding hydrogens is 242 g/mol. The Morgan fingerprint density at radius 2 is 2.05 bits per heavy atom. The van der Waals surface area contributed by atoms with Crippen molar-refractivity contribution in [2.45, 2.75) is 13.5 Å². The van der Waals surface area contributed by atoms with Gasteiger partial charge in [-0.15, -0.1) is 0 Å². The van der Waals surface area contributed by atoms with Gasteiger partial charge in [-0.2, -0.15) is 0 Å². The van der Waals surface area contributed by atoms with Crippen LogP contribution < -0.4 is 15.2 Å². The van der Waals surface area contributed by atoms with Crippen molar-refractivity contribution in [1.82, 2.24) is 9.55 Å². The summed E-state index contributed by atoms with van der Waals surface area (Å²) < 4.78 is 12.7. The molecule has 0 radical (unpaired) electrons. The van der Waals surface area contributed by atoms with Crippen LogP contribution in [0.3, 0.4) is 0 Å². The number of hydrogen-bond acceptors (Lipinski definition) is 4. The highest BCUT2D eigenvalue weighted by molar-refractivity contribution is 5.68. The molecule has 0 bridgehead atoms. The summed E-state index contributed by atoms with van der Waals surface area (Å²) >= 11 is 0. The topological polar surface area (TPSA) is 62.3 Å². The number of nitrogens with zero attached hydrogens (tertiary/aromatic N) is 2. The third-order valence-electron chi connectivity index (χ3n) is 3.03.